The largest absolute Gasteiger partial charge is 0.495 e. The minimum Gasteiger partial charge on any atom is -0.495 e. The van der Waals surface area contributed by atoms with Crippen LogP contribution in [0, 0.1) is 11.8 Å². The Morgan fingerprint density at radius 3 is 2.52 bits per heavy atom. The summed E-state index contributed by atoms with van der Waals surface area (Å²) in [7, 11) is -2.21. The summed E-state index contributed by atoms with van der Waals surface area (Å²) >= 11 is 12.1. The molecule has 2 saturated carbocycles. The zero-order valence-electron chi connectivity index (χ0n) is 11.6. The maximum Gasteiger partial charge on any atom is 0.242 e. The number of nitrogens with one attached hydrogen (secondary N) is 1. The van der Waals surface area contributed by atoms with Gasteiger partial charge in [-0.25, -0.2) is 13.1 Å². The molecule has 1 aromatic rings. The molecule has 2 fully saturated rings. The number of rotatable bonds is 4. The summed E-state index contributed by atoms with van der Waals surface area (Å²) < 4.78 is 32.9. The van der Waals surface area contributed by atoms with E-state index in [0.29, 0.717) is 17.6 Å². The predicted molar refractivity (Wildman–Crippen MR) is 82.6 cm³/mol. The number of halogens is 2. The van der Waals surface area contributed by atoms with Crippen LogP contribution in [-0.4, -0.2) is 21.6 Å². The van der Waals surface area contributed by atoms with Crippen LogP contribution in [0.1, 0.15) is 25.7 Å². The lowest BCUT2D eigenvalue weighted by Gasteiger charge is -2.23. The molecule has 2 aliphatic carbocycles. The van der Waals surface area contributed by atoms with Crippen molar-refractivity contribution in [1.82, 2.24) is 4.72 Å². The average molecular weight is 350 g/mol. The maximum atomic E-state index is 12.5. The molecule has 1 aromatic carbocycles. The predicted octanol–water partition coefficient (Wildman–Crippen LogP) is 3.47. The molecule has 0 unspecified atom stereocenters. The molecular weight excluding hydrogens is 333 g/mol. The van der Waals surface area contributed by atoms with Crippen LogP contribution in [0.4, 0.5) is 0 Å². The number of fused-ring (bicyclic) bond motifs is 2. The van der Waals surface area contributed by atoms with Gasteiger partial charge in [0.25, 0.3) is 0 Å². The van der Waals surface area contributed by atoms with E-state index < -0.39 is 10.0 Å². The Labute approximate surface area is 134 Å². The van der Waals surface area contributed by atoms with Crippen LogP contribution in [-0.2, 0) is 10.0 Å². The monoisotopic (exact) mass is 349 g/mol. The minimum atomic E-state index is -3.67. The summed E-state index contributed by atoms with van der Waals surface area (Å²) in [5.74, 6) is 1.48. The molecule has 0 radical (unpaired) electrons. The number of hydrogen-bond donors (Lipinski definition) is 1. The summed E-state index contributed by atoms with van der Waals surface area (Å²) in [5, 5.41) is 0.127. The van der Waals surface area contributed by atoms with Crippen molar-refractivity contribution in [3.8, 4) is 5.75 Å². The Morgan fingerprint density at radius 1 is 1.19 bits per heavy atom. The van der Waals surface area contributed by atoms with Gasteiger partial charge in [-0.1, -0.05) is 29.6 Å². The molecule has 0 heterocycles. The van der Waals surface area contributed by atoms with Crippen LogP contribution >= 0.6 is 23.2 Å². The van der Waals surface area contributed by atoms with E-state index in [4.69, 9.17) is 27.9 Å². The van der Waals surface area contributed by atoms with E-state index in [2.05, 4.69) is 4.72 Å². The van der Waals surface area contributed by atoms with Crippen LogP contribution in [0.5, 0.6) is 5.75 Å². The maximum absolute atomic E-state index is 12.5. The third-order valence-corrected chi connectivity index (χ3v) is 7.07. The first-order valence-electron chi connectivity index (χ1n) is 6.96. The highest BCUT2D eigenvalue weighted by atomic mass is 35.5. The van der Waals surface area contributed by atoms with E-state index in [1.165, 1.54) is 25.7 Å². The Bertz CT molecular complexity index is 662. The molecule has 4 nitrogen and oxygen atoms in total. The first kappa shape index (κ1) is 15.4. The molecule has 1 N–H and O–H groups in total. The van der Waals surface area contributed by atoms with Gasteiger partial charge >= 0.3 is 0 Å². The van der Waals surface area contributed by atoms with E-state index >= 15 is 0 Å². The van der Waals surface area contributed by atoms with E-state index in [9.17, 15) is 8.42 Å². The van der Waals surface area contributed by atoms with Gasteiger partial charge in [-0.05, 0) is 43.2 Å². The standard InChI is InChI=1S/C14H17Cl2NO3S/c1-20-11-4-5-12(14(16)13(11)15)21(18,19)17-10-7-8-2-3-9(10)6-8/h4-5,8-10,17H,2-3,6-7H2,1H3/t8-,9+,10-/m0/s1. The van der Waals surface area contributed by atoms with Crippen molar-refractivity contribution in [1.29, 1.82) is 0 Å². The second-order valence-electron chi connectivity index (χ2n) is 5.80. The molecule has 0 saturated heterocycles. The van der Waals surface area contributed by atoms with Crippen molar-refractivity contribution in [2.75, 3.05) is 7.11 Å². The lowest BCUT2D eigenvalue weighted by atomic mass is 9.96. The Morgan fingerprint density at radius 2 is 1.95 bits per heavy atom. The third-order valence-electron chi connectivity index (χ3n) is 4.57. The molecule has 0 amide bonds. The van der Waals surface area contributed by atoms with Gasteiger partial charge in [0, 0.05) is 6.04 Å². The number of benzene rings is 1. The fraction of sp³-hybridized carbons (Fsp3) is 0.571. The molecule has 7 heteroatoms. The van der Waals surface area contributed by atoms with Crippen LogP contribution in [0.15, 0.2) is 17.0 Å². The van der Waals surface area contributed by atoms with E-state index in [-0.39, 0.29) is 21.0 Å². The zero-order valence-corrected chi connectivity index (χ0v) is 13.9. The van der Waals surface area contributed by atoms with Gasteiger partial charge in [0.1, 0.15) is 15.7 Å². The molecule has 0 aromatic heterocycles. The summed E-state index contributed by atoms with van der Waals surface area (Å²) in [6, 6.07) is 2.97. The van der Waals surface area contributed by atoms with Crippen molar-refractivity contribution in [3.05, 3.63) is 22.2 Å². The Balaban J connectivity index is 1.87. The first-order chi connectivity index (χ1) is 9.92. The van der Waals surface area contributed by atoms with Crippen molar-refractivity contribution in [2.24, 2.45) is 11.8 Å². The zero-order chi connectivity index (χ0) is 15.2. The van der Waals surface area contributed by atoms with Crippen molar-refractivity contribution >= 4 is 33.2 Å². The Hall–Kier alpha value is -0.490. The van der Waals surface area contributed by atoms with Crippen molar-refractivity contribution < 1.29 is 13.2 Å². The molecule has 0 spiro atoms. The fourth-order valence-corrected chi connectivity index (χ4v) is 5.69. The highest BCUT2D eigenvalue weighted by Gasteiger charge is 2.41. The normalized spacial score (nSPS) is 28.0. The summed E-state index contributed by atoms with van der Waals surface area (Å²) in [6.45, 7) is 0. The molecule has 3 rings (SSSR count). The number of ether oxygens (including phenoxy) is 1. The SMILES string of the molecule is COc1ccc(S(=O)(=O)N[C@H]2C[C@H]3CC[C@@H]2C3)c(Cl)c1Cl. The minimum absolute atomic E-state index is 0.00618. The molecule has 0 aliphatic heterocycles. The second-order valence-corrected chi connectivity index (χ2v) is 8.23. The number of hydrogen-bond acceptors (Lipinski definition) is 3. The van der Waals surface area contributed by atoms with Crippen molar-refractivity contribution in [3.63, 3.8) is 0 Å². The van der Waals surface area contributed by atoms with Gasteiger partial charge in [0.2, 0.25) is 10.0 Å². The molecule has 2 aliphatic rings. The quantitative estimate of drug-likeness (QED) is 0.905. The second kappa shape index (κ2) is 5.61. The van der Waals surface area contributed by atoms with Gasteiger partial charge in [-0.3, -0.25) is 0 Å². The lowest BCUT2D eigenvalue weighted by molar-refractivity contribution is 0.390. The van der Waals surface area contributed by atoms with E-state index in [0.717, 1.165) is 19.3 Å². The van der Waals surface area contributed by atoms with Crippen LogP contribution < -0.4 is 9.46 Å². The summed E-state index contributed by atoms with van der Waals surface area (Å²) in [6.07, 6.45) is 4.38. The third kappa shape index (κ3) is 2.77. The van der Waals surface area contributed by atoms with E-state index in [1.54, 1.807) is 0 Å². The van der Waals surface area contributed by atoms with E-state index in [1.807, 2.05) is 0 Å². The number of methoxy groups -OCH3 is 1. The molecular formula is C14H17Cl2NO3S. The lowest BCUT2D eigenvalue weighted by Crippen LogP contribution is -2.38. The van der Waals surface area contributed by atoms with Gasteiger partial charge < -0.3 is 4.74 Å². The topological polar surface area (TPSA) is 55.4 Å². The van der Waals surface area contributed by atoms with Gasteiger partial charge in [-0.15, -0.1) is 0 Å². The molecule has 3 atom stereocenters. The van der Waals surface area contributed by atoms with Gasteiger partial charge in [0.05, 0.1) is 12.1 Å². The van der Waals surface area contributed by atoms with Crippen LogP contribution in [0.3, 0.4) is 0 Å². The summed E-state index contributed by atoms with van der Waals surface area (Å²) in [5.41, 5.74) is 0. The van der Waals surface area contributed by atoms with Crippen LogP contribution in [0.25, 0.3) is 0 Å². The highest BCUT2D eigenvalue weighted by Crippen LogP contribution is 2.45. The van der Waals surface area contributed by atoms with Gasteiger partial charge in [-0.2, -0.15) is 0 Å². The molecule has 21 heavy (non-hydrogen) atoms. The van der Waals surface area contributed by atoms with Gasteiger partial charge in [0.15, 0.2) is 0 Å². The van der Waals surface area contributed by atoms with Crippen LogP contribution in [0.2, 0.25) is 10.0 Å². The number of sulfonamides is 1. The summed E-state index contributed by atoms with van der Waals surface area (Å²) in [4.78, 5) is 0.0118. The smallest absolute Gasteiger partial charge is 0.242 e. The Kier molecular flexibility index (Phi) is 4.12. The fourth-order valence-electron chi connectivity index (χ4n) is 3.53. The van der Waals surface area contributed by atoms with Crippen molar-refractivity contribution in [2.45, 2.75) is 36.6 Å². The average Bonchev–Trinajstić information content (AvgIpc) is 3.03. The molecule has 116 valence electrons. The molecule has 2 bridgehead atoms. The first-order valence-corrected chi connectivity index (χ1v) is 9.20. The highest BCUT2D eigenvalue weighted by molar-refractivity contribution is 7.89.